The molecule has 0 aliphatic heterocycles. The van der Waals surface area contributed by atoms with Gasteiger partial charge in [0.15, 0.2) is 0 Å². The van der Waals surface area contributed by atoms with Crippen LogP contribution >= 0.6 is 19.8 Å². The van der Waals surface area contributed by atoms with E-state index in [-0.39, 0.29) is 23.4 Å². The summed E-state index contributed by atoms with van der Waals surface area (Å²) in [5.41, 5.74) is 5.33. The molecule has 14 heavy (non-hydrogen) atoms. The highest BCUT2D eigenvalue weighted by atomic mass is 32.1. The molecule has 4 nitrogen and oxygen atoms in total. The van der Waals surface area contributed by atoms with Crippen LogP contribution in [0.2, 0.25) is 0 Å². The number of hydrogen-bond donors (Lipinski definition) is 1. The van der Waals surface area contributed by atoms with Gasteiger partial charge in [-0.1, -0.05) is 12.2 Å². The molecule has 0 saturated heterocycles. The number of hydrogen-bond acceptors (Lipinski definition) is 4. The van der Waals surface area contributed by atoms with Gasteiger partial charge in [0.05, 0.1) is 17.2 Å². The highest BCUT2D eigenvalue weighted by Gasteiger charge is 2.28. The van der Waals surface area contributed by atoms with Gasteiger partial charge in [0.25, 0.3) is 0 Å². The fraction of sp³-hybridized carbons (Fsp3) is 0.875. The molecule has 0 rings (SSSR count). The van der Waals surface area contributed by atoms with E-state index in [1.807, 2.05) is 0 Å². The van der Waals surface area contributed by atoms with Gasteiger partial charge in [-0.05, 0) is 27.7 Å². The molecule has 0 saturated carbocycles. The Morgan fingerprint density at radius 3 is 1.86 bits per heavy atom. The van der Waals surface area contributed by atoms with Crippen LogP contribution in [0.5, 0.6) is 0 Å². The van der Waals surface area contributed by atoms with E-state index in [1.165, 1.54) is 0 Å². The van der Waals surface area contributed by atoms with Crippen molar-refractivity contribution < 1.29 is 13.6 Å². The molecule has 0 radical (unpaired) electrons. The van der Waals surface area contributed by atoms with Gasteiger partial charge in [0.2, 0.25) is 0 Å². The third kappa shape index (κ3) is 6.49. The van der Waals surface area contributed by atoms with Crippen LogP contribution in [-0.2, 0) is 13.6 Å². The van der Waals surface area contributed by atoms with Crippen molar-refractivity contribution in [2.24, 2.45) is 5.73 Å². The molecule has 84 valence electrons. The molecule has 0 spiro atoms. The van der Waals surface area contributed by atoms with Crippen molar-refractivity contribution >= 4 is 24.8 Å². The van der Waals surface area contributed by atoms with Gasteiger partial charge in [-0.15, -0.1) is 0 Å². The molecule has 0 aliphatic rings. The van der Waals surface area contributed by atoms with Crippen LogP contribution in [0.4, 0.5) is 0 Å². The fourth-order valence-corrected chi connectivity index (χ4v) is 3.27. The average Bonchev–Trinajstić information content (AvgIpc) is 1.76. The van der Waals surface area contributed by atoms with Gasteiger partial charge in [-0.25, -0.2) is 0 Å². The predicted octanol–water partition coefficient (Wildman–Crippen LogP) is 2.32. The molecule has 0 aromatic carbocycles. The Hall–Kier alpha value is 0.0400. The Balaban J connectivity index is 4.49. The summed E-state index contributed by atoms with van der Waals surface area (Å²) in [4.78, 5) is 0.148. The zero-order valence-corrected chi connectivity index (χ0v) is 10.7. The van der Waals surface area contributed by atoms with Gasteiger partial charge in [0.1, 0.15) is 6.16 Å². The minimum absolute atomic E-state index is 0.00130. The lowest BCUT2D eigenvalue weighted by Gasteiger charge is -2.22. The molecule has 0 aromatic heterocycles. The van der Waals surface area contributed by atoms with E-state index in [0.29, 0.717) is 0 Å². The van der Waals surface area contributed by atoms with Crippen molar-refractivity contribution in [2.45, 2.75) is 39.9 Å². The molecule has 0 amide bonds. The maximum absolute atomic E-state index is 12.0. The second-order valence-electron chi connectivity index (χ2n) is 3.54. The summed E-state index contributed by atoms with van der Waals surface area (Å²) in [6.45, 7) is 7.15. The molecule has 0 bridgehead atoms. The Bertz CT molecular complexity index is 229. The summed E-state index contributed by atoms with van der Waals surface area (Å²) in [7, 11) is -3.15. The van der Waals surface area contributed by atoms with Gasteiger partial charge >= 0.3 is 7.60 Å². The van der Waals surface area contributed by atoms with E-state index in [0.717, 1.165) is 0 Å². The fourth-order valence-electron chi connectivity index (χ4n) is 0.933. The normalized spacial score (nSPS) is 12.4. The summed E-state index contributed by atoms with van der Waals surface area (Å²) in [6, 6.07) is 0. The second-order valence-corrected chi connectivity index (χ2v) is 6.03. The maximum atomic E-state index is 12.0. The molecule has 0 unspecified atom stereocenters. The molecule has 0 aromatic rings. The largest absolute Gasteiger partial charge is 0.393 e. The minimum Gasteiger partial charge on any atom is -0.393 e. The van der Waals surface area contributed by atoms with Crippen LogP contribution in [0.3, 0.4) is 0 Å². The first-order valence-corrected chi connectivity index (χ1v) is 6.63. The Morgan fingerprint density at radius 2 is 1.64 bits per heavy atom. The summed E-state index contributed by atoms with van der Waals surface area (Å²) in [5.74, 6) is 0. The Labute approximate surface area is 90.7 Å². The molecular formula is C8H18NO3PS. The summed E-state index contributed by atoms with van der Waals surface area (Å²) in [6.07, 6.45) is -0.346. The van der Waals surface area contributed by atoms with Crippen LogP contribution in [0, 0.1) is 0 Å². The predicted molar refractivity (Wildman–Crippen MR) is 61.7 cm³/mol. The zero-order valence-electron chi connectivity index (χ0n) is 9.02. The quantitative estimate of drug-likeness (QED) is 0.569. The van der Waals surface area contributed by atoms with Gasteiger partial charge < -0.3 is 14.8 Å². The number of rotatable bonds is 6. The SMILES string of the molecule is CC(C)OP(=O)(CC(N)=S)OC(C)C. The van der Waals surface area contributed by atoms with Crippen molar-refractivity contribution in [3.63, 3.8) is 0 Å². The van der Waals surface area contributed by atoms with Gasteiger partial charge in [-0.2, -0.15) is 0 Å². The minimum atomic E-state index is -3.15. The lowest BCUT2D eigenvalue weighted by atomic mass is 10.5. The molecule has 2 N–H and O–H groups in total. The smallest absolute Gasteiger partial charge is 0.337 e. The van der Waals surface area contributed by atoms with E-state index < -0.39 is 7.60 Å². The first kappa shape index (κ1) is 14.0. The van der Waals surface area contributed by atoms with Gasteiger partial charge in [0, 0.05) is 0 Å². The van der Waals surface area contributed by atoms with Crippen molar-refractivity contribution in [3.05, 3.63) is 0 Å². The summed E-state index contributed by atoms with van der Waals surface area (Å²) < 4.78 is 22.5. The molecule has 0 aliphatic carbocycles. The van der Waals surface area contributed by atoms with Crippen molar-refractivity contribution in [1.82, 2.24) is 0 Å². The van der Waals surface area contributed by atoms with Crippen molar-refractivity contribution in [1.29, 1.82) is 0 Å². The highest BCUT2D eigenvalue weighted by Crippen LogP contribution is 2.50. The summed E-state index contributed by atoms with van der Waals surface area (Å²) >= 11 is 4.69. The lowest BCUT2D eigenvalue weighted by Crippen LogP contribution is -2.19. The lowest BCUT2D eigenvalue weighted by molar-refractivity contribution is 0.145. The highest BCUT2D eigenvalue weighted by molar-refractivity contribution is 7.81. The standard InChI is InChI=1S/C8H18NO3PS/c1-6(2)11-13(10,5-8(9)14)12-7(3)4/h6-7H,5H2,1-4H3,(H2,9,14). The van der Waals surface area contributed by atoms with Crippen LogP contribution in [0.1, 0.15) is 27.7 Å². The second kappa shape index (κ2) is 5.81. The zero-order chi connectivity index (χ0) is 11.4. The first-order chi connectivity index (χ1) is 6.25. The number of nitrogens with two attached hydrogens (primary N) is 1. The van der Waals surface area contributed by atoms with E-state index >= 15 is 0 Å². The summed E-state index contributed by atoms with van der Waals surface area (Å²) in [5, 5.41) is 0. The first-order valence-electron chi connectivity index (χ1n) is 4.49. The van der Waals surface area contributed by atoms with Crippen molar-refractivity contribution in [2.75, 3.05) is 6.16 Å². The molecule has 0 atom stereocenters. The van der Waals surface area contributed by atoms with Crippen LogP contribution in [0.15, 0.2) is 0 Å². The molecular weight excluding hydrogens is 221 g/mol. The average molecular weight is 239 g/mol. The van der Waals surface area contributed by atoms with Crippen molar-refractivity contribution in [3.8, 4) is 0 Å². The third-order valence-corrected chi connectivity index (χ3v) is 3.66. The molecule has 0 heterocycles. The molecule has 0 fully saturated rings. The van der Waals surface area contributed by atoms with E-state index in [1.54, 1.807) is 27.7 Å². The monoisotopic (exact) mass is 239 g/mol. The van der Waals surface area contributed by atoms with Crippen LogP contribution < -0.4 is 5.73 Å². The Kier molecular flexibility index (Phi) is 5.83. The van der Waals surface area contributed by atoms with E-state index in [9.17, 15) is 4.57 Å². The Morgan fingerprint density at radius 1 is 1.29 bits per heavy atom. The maximum Gasteiger partial charge on any atom is 0.337 e. The van der Waals surface area contributed by atoms with Crippen LogP contribution in [0.25, 0.3) is 0 Å². The topological polar surface area (TPSA) is 61.5 Å². The van der Waals surface area contributed by atoms with Gasteiger partial charge in [-0.3, -0.25) is 4.57 Å². The molecule has 6 heteroatoms. The number of thiocarbonyl (C=S) groups is 1. The van der Waals surface area contributed by atoms with Crippen LogP contribution in [-0.4, -0.2) is 23.4 Å². The third-order valence-electron chi connectivity index (χ3n) is 1.09. The van der Waals surface area contributed by atoms with E-state index in [4.69, 9.17) is 27.0 Å². The van der Waals surface area contributed by atoms with E-state index in [2.05, 4.69) is 0 Å².